The van der Waals surface area contributed by atoms with Crippen LogP contribution in [0.15, 0.2) is 17.2 Å². The summed E-state index contributed by atoms with van der Waals surface area (Å²) in [6, 6.07) is 3.54. The van der Waals surface area contributed by atoms with E-state index in [1.165, 1.54) is 11.3 Å². The zero-order chi connectivity index (χ0) is 13.0. The third-order valence-corrected chi connectivity index (χ3v) is 3.83. The van der Waals surface area contributed by atoms with Gasteiger partial charge in [0.25, 0.3) is 5.91 Å². The second-order valence-corrected chi connectivity index (χ2v) is 5.15. The molecule has 1 aliphatic heterocycles. The van der Waals surface area contributed by atoms with Crippen LogP contribution < -0.4 is 0 Å². The van der Waals surface area contributed by atoms with Gasteiger partial charge >= 0.3 is 0 Å². The minimum absolute atomic E-state index is 0.0420. The van der Waals surface area contributed by atoms with E-state index in [0.717, 1.165) is 4.88 Å². The van der Waals surface area contributed by atoms with E-state index in [1.807, 2.05) is 0 Å². The summed E-state index contributed by atoms with van der Waals surface area (Å²) in [7, 11) is 0. The Morgan fingerprint density at radius 2 is 2.17 bits per heavy atom. The standard InChI is InChI=1S/C11H12N4O2S/c12-14-13-7-9-1-2-10(18-9)11(17)15-5-3-8(16)4-6-15/h1-2H,3-7H2. The van der Waals surface area contributed by atoms with Gasteiger partial charge in [0, 0.05) is 35.7 Å². The smallest absolute Gasteiger partial charge is 0.263 e. The monoisotopic (exact) mass is 264 g/mol. The largest absolute Gasteiger partial charge is 0.337 e. The highest BCUT2D eigenvalue weighted by atomic mass is 32.1. The van der Waals surface area contributed by atoms with Crippen molar-refractivity contribution in [2.45, 2.75) is 19.4 Å². The van der Waals surface area contributed by atoms with Crippen LogP contribution in [0, 0.1) is 0 Å². The molecule has 2 heterocycles. The van der Waals surface area contributed by atoms with Gasteiger partial charge < -0.3 is 4.90 Å². The molecule has 1 aromatic rings. The number of rotatable bonds is 3. The van der Waals surface area contributed by atoms with E-state index in [9.17, 15) is 9.59 Å². The number of ketones is 1. The molecule has 0 atom stereocenters. The number of thiophene rings is 1. The Balaban J connectivity index is 2.02. The van der Waals surface area contributed by atoms with Crippen molar-refractivity contribution in [1.82, 2.24) is 4.90 Å². The molecule has 0 spiro atoms. The lowest BCUT2D eigenvalue weighted by molar-refractivity contribution is -0.120. The molecule has 0 aliphatic carbocycles. The van der Waals surface area contributed by atoms with Crippen LogP contribution in [0.5, 0.6) is 0 Å². The average Bonchev–Trinajstić information content (AvgIpc) is 2.85. The maximum absolute atomic E-state index is 12.1. The second kappa shape index (κ2) is 5.66. The van der Waals surface area contributed by atoms with E-state index >= 15 is 0 Å². The van der Waals surface area contributed by atoms with Gasteiger partial charge in [-0.1, -0.05) is 5.11 Å². The van der Waals surface area contributed by atoms with Crippen molar-refractivity contribution >= 4 is 23.0 Å². The number of Topliss-reactive ketones (excluding diaryl/α,β-unsaturated/α-hetero) is 1. The molecule has 0 radical (unpaired) electrons. The van der Waals surface area contributed by atoms with Crippen LogP contribution in [0.1, 0.15) is 27.4 Å². The first kappa shape index (κ1) is 12.6. The van der Waals surface area contributed by atoms with Crippen LogP contribution in [-0.2, 0) is 11.3 Å². The third-order valence-electron chi connectivity index (χ3n) is 2.77. The number of hydrogen-bond acceptors (Lipinski definition) is 4. The van der Waals surface area contributed by atoms with Crippen molar-refractivity contribution in [3.05, 3.63) is 32.3 Å². The Morgan fingerprint density at radius 1 is 1.44 bits per heavy atom. The summed E-state index contributed by atoms with van der Waals surface area (Å²) in [6.45, 7) is 1.27. The Bertz CT molecular complexity index is 509. The Hall–Kier alpha value is -1.85. The first-order chi connectivity index (χ1) is 8.70. The first-order valence-electron chi connectivity index (χ1n) is 5.61. The molecule has 0 saturated carbocycles. The van der Waals surface area contributed by atoms with Gasteiger partial charge in [-0.25, -0.2) is 0 Å². The average molecular weight is 264 g/mol. The summed E-state index contributed by atoms with van der Waals surface area (Å²) in [6.07, 6.45) is 0.894. The highest BCUT2D eigenvalue weighted by Gasteiger charge is 2.22. The lowest BCUT2D eigenvalue weighted by Gasteiger charge is -2.25. The van der Waals surface area contributed by atoms with Crippen LogP contribution in [-0.4, -0.2) is 29.7 Å². The zero-order valence-corrected chi connectivity index (χ0v) is 10.5. The number of amides is 1. The van der Waals surface area contributed by atoms with Crippen LogP contribution in [0.3, 0.4) is 0 Å². The quantitative estimate of drug-likeness (QED) is 0.476. The molecular formula is C11H12N4O2S. The molecule has 1 amide bonds. The number of carbonyl (C=O) groups is 2. The van der Waals surface area contributed by atoms with Crippen LogP contribution >= 0.6 is 11.3 Å². The molecule has 7 heteroatoms. The lowest BCUT2D eigenvalue weighted by Crippen LogP contribution is -2.38. The molecule has 1 aromatic heterocycles. The van der Waals surface area contributed by atoms with Gasteiger partial charge in [0.1, 0.15) is 5.78 Å². The highest BCUT2D eigenvalue weighted by molar-refractivity contribution is 7.14. The van der Waals surface area contributed by atoms with Crippen LogP contribution in [0.4, 0.5) is 0 Å². The summed E-state index contributed by atoms with van der Waals surface area (Å²) >= 11 is 1.33. The molecule has 0 aromatic carbocycles. The molecule has 1 aliphatic rings. The number of nitrogens with zero attached hydrogens (tertiary/aromatic N) is 4. The summed E-state index contributed by atoms with van der Waals surface area (Å²) in [4.78, 5) is 29.1. The number of piperidine rings is 1. The Kier molecular flexibility index (Phi) is 3.96. The minimum atomic E-state index is -0.0420. The fraction of sp³-hybridized carbons (Fsp3) is 0.455. The number of carbonyl (C=O) groups excluding carboxylic acids is 2. The Labute approximate surface area is 108 Å². The predicted molar refractivity (Wildman–Crippen MR) is 67.3 cm³/mol. The molecular weight excluding hydrogens is 252 g/mol. The van der Waals surface area contributed by atoms with Crippen molar-refractivity contribution in [3.63, 3.8) is 0 Å². The van der Waals surface area contributed by atoms with E-state index in [2.05, 4.69) is 10.0 Å². The summed E-state index contributed by atoms with van der Waals surface area (Å²) in [5.41, 5.74) is 8.23. The highest BCUT2D eigenvalue weighted by Crippen LogP contribution is 2.20. The van der Waals surface area contributed by atoms with Crippen molar-refractivity contribution in [2.24, 2.45) is 5.11 Å². The molecule has 2 rings (SSSR count). The van der Waals surface area contributed by atoms with Gasteiger partial charge in [-0.2, -0.15) is 0 Å². The fourth-order valence-electron chi connectivity index (χ4n) is 1.79. The van der Waals surface area contributed by atoms with Gasteiger partial charge in [-0.15, -0.1) is 11.3 Å². The van der Waals surface area contributed by atoms with Gasteiger partial charge in [0.05, 0.1) is 11.4 Å². The number of azide groups is 1. The van der Waals surface area contributed by atoms with Gasteiger partial charge in [0.15, 0.2) is 0 Å². The van der Waals surface area contributed by atoms with E-state index in [-0.39, 0.29) is 18.2 Å². The predicted octanol–water partition coefficient (Wildman–Crippen LogP) is 2.36. The third kappa shape index (κ3) is 2.88. The lowest BCUT2D eigenvalue weighted by atomic mass is 10.1. The Morgan fingerprint density at radius 3 is 2.83 bits per heavy atom. The van der Waals surface area contributed by atoms with Crippen molar-refractivity contribution in [2.75, 3.05) is 13.1 Å². The van der Waals surface area contributed by atoms with Crippen molar-refractivity contribution in [3.8, 4) is 0 Å². The molecule has 1 fully saturated rings. The van der Waals surface area contributed by atoms with E-state index in [0.29, 0.717) is 30.8 Å². The normalized spacial score (nSPS) is 15.3. The molecule has 18 heavy (non-hydrogen) atoms. The zero-order valence-electron chi connectivity index (χ0n) is 9.70. The van der Waals surface area contributed by atoms with Crippen molar-refractivity contribution in [1.29, 1.82) is 0 Å². The van der Waals surface area contributed by atoms with E-state index in [4.69, 9.17) is 5.53 Å². The summed E-state index contributed by atoms with van der Waals surface area (Å²) in [5, 5.41) is 3.46. The molecule has 1 saturated heterocycles. The van der Waals surface area contributed by atoms with Gasteiger partial charge in [0.2, 0.25) is 0 Å². The van der Waals surface area contributed by atoms with Crippen molar-refractivity contribution < 1.29 is 9.59 Å². The first-order valence-corrected chi connectivity index (χ1v) is 6.43. The minimum Gasteiger partial charge on any atom is -0.337 e. The van der Waals surface area contributed by atoms with Gasteiger partial charge in [-0.05, 0) is 17.7 Å². The van der Waals surface area contributed by atoms with Crippen LogP contribution in [0.2, 0.25) is 0 Å². The summed E-state index contributed by atoms with van der Waals surface area (Å²) in [5.74, 6) is 0.175. The molecule has 94 valence electrons. The SMILES string of the molecule is [N-]=[N+]=NCc1ccc(C(=O)N2CCC(=O)CC2)s1. The maximum Gasteiger partial charge on any atom is 0.263 e. The van der Waals surface area contributed by atoms with Crippen LogP contribution in [0.25, 0.3) is 10.4 Å². The molecule has 0 N–H and O–H groups in total. The second-order valence-electron chi connectivity index (χ2n) is 3.99. The maximum atomic E-state index is 12.1. The number of likely N-dealkylation sites (tertiary alicyclic amines) is 1. The van der Waals surface area contributed by atoms with Gasteiger partial charge in [-0.3, -0.25) is 9.59 Å². The summed E-state index contributed by atoms with van der Waals surface area (Å²) < 4.78 is 0. The molecule has 0 bridgehead atoms. The van der Waals surface area contributed by atoms with E-state index in [1.54, 1.807) is 17.0 Å². The topological polar surface area (TPSA) is 86.1 Å². The van der Waals surface area contributed by atoms with E-state index < -0.39 is 0 Å². The number of hydrogen-bond donors (Lipinski definition) is 0. The molecule has 6 nitrogen and oxygen atoms in total. The molecule has 0 unspecified atom stereocenters. The fourth-order valence-corrected chi connectivity index (χ4v) is 2.69.